The molecule has 0 saturated heterocycles. The van der Waals surface area contributed by atoms with Gasteiger partial charge < -0.3 is 15.2 Å². The van der Waals surface area contributed by atoms with Crippen LogP contribution in [0.1, 0.15) is 5.56 Å². The number of ether oxygens (including phenoxy) is 2. The molecule has 0 fully saturated rings. The van der Waals surface area contributed by atoms with Gasteiger partial charge in [-0.1, -0.05) is 28.1 Å². The summed E-state index contributed by atoms with van der Waals surface area (Å²) in [7, 11) is 1.64. The first-order valence-electron chi connectivity index (χ1n) is 5.50. The maximum absolute atomic E-state index is 5.82. The lowest BCUT2D eigenvalue weighted by molar-refractivity contribution is 0.298. The third kappa shape index (κ3) is 2.96. The number of nitrogens with two attached hydrogens (primary N) is 1. The maximum atomic E-state index is 5.82. The van der Waals surface area contributed by atoms with Crippen LogP contribution in [0, 0.1) is 0 Å². The van der Waals surface area contributed by atoms with Gasteiger partial charge in [-0.3, -0.25) is 0 Å². The van der Waals surface area contributed by atoms with Gasteiger partial charge in [0.25, 0.3) is 0 Å². The van der Waals surface area contributed by atoms with E-state index in [1.165, 1.54) is 0 Å². The minimum Gasteiger partial charge on any atom is -0.496 e. The van der Waals surface area contributed by atoms with Crippen molar-refractivity contribution in [1.29, 1.82) is 0 Å². The molecule has 4 heteroatoms. The second kappa shape index (κ2) is 5.78. The van der Waals surface area contributed by atoms with Gasteiger partial charge in [0.2, 0.25) is 0 Å². The molecule has 18 heavy (non-hydrogen) atoms. The molecule has 0 aromatic heterocycles. The molecule has 0 spiro atoms. The molecular weight excluding hydrogens is 294 g/mol. The highest BCUT2D eigenvalue weighted by atomic mass is 79.9. The Kier molecular flexibility index (Phi) is 4.10. The molecule has 0 aliphatic carbocycles. The maximum Gasteiger partial charge on any atom is 0.142 e. The van der Waals surface area contributed by atoms with Gasteiger partial charge in [0.15, 0.2) is 0 Å². The summed E-state index contributed by atoms with van der Waals surface area (Å²) in [5, 5.41) is 0. The Morgan fingerprint density at radius 2 is 1.89 bits per heavy atom. The summed E-state index contributed by atoms with van der Waals surface area (Å²) in [6, 6.07) is 13.2. The predicted octanol–water partition coefficient (Wildman–Crippen LogP) is 3.62. The summed E-state index contributed by atoms with van der Waals surface area (Å²) >= 11 is 3.43. The topological polar surface area (TPSA) is 44.5 Å². The molecule has 2 aromatic carbocycles. The summed E-state index contributed by atoms with van der Waals surface area (Å²) in [6.45, 7) is 0.414. The Labute approximate surface area is 115 Å². The molecule has 2 rings (SSSR count). The number of halogens is 1. The quantitative estimate of drug-likeness (QED) is 0.877. The van der Waals surface area contributed by atoms with Crippen LogP contribution < -0.4 is 15.2 Å². The summed E-state index contributed by atoms with van der Waals surface area (Å²) < 4.78 is 12.0. The first-order chi connectivity index (χ1) is 8.70. The fourth-order valence-electron chi connectivity index (χ4n) is 1.63. The number of anilines is 1. The van der Waals surface area contributed by atoms with E-state index in [1.807, 2.05) is 42.5 Å². The molecule has 3 nitrogen and oxygen atoms in total. The van der Waals surface area contributed by atoms with Gasteiger partial charge >= 0.3 is 0 Å². The predicted molar refractivity (Wildman–Crippen MR) is 75.9 cm³/mol. The van der Waals surface area contributed by atoms with Gasteiger partial charge in [0.05, 0.1) is 12.8 Å². The van der Waals surface area contributed by atoms with Crippen LogP contribution in [0.4, 0.5) is 5.69 Å². The minimum atomic E-state index is 0.414. The number of rotatable bonds is 4. The molecule has 0 unspecified atom stereocenters. The van der Waals surface area contributed by atoms with Crippen molar-refractivity contribution in [1.82, 2.24) is 0 Å². The Hall–Kier alpha value is -1.68. The zero-order valence-electron chi connectivity index (χ0n) is 10.0. The van der Waals surface area contributed by atoms with Gasteiger partial charge in [0.1, 0.15) is 18.1 Å². The van der Waals surface area contributed by atoms with E-state index in [0.717, 1.165) is 15.8 Å². The molecule has 0 heterocycles. The van der Waals surface area contributed by atoms with E-state index >= 15 is 0 Å². The highest BCUT2D eigenvalue weighted by Gasteiger charge is 2.06. The number of para-hydroxylation sites is 2. The van der Waals surface area contributed by atoms with Crippen LogP contribution in [-0.4, -0.2) is 7.11 Å². The SMILES string of the molecule is COc1ccc(Br)cc1COc1ccccc1N. The second-order valence-corrected chi connectivity index (χ2v) is 4.70. The summed E-state index contributed by atoms with van der Waals surface area (Å²) in [6.07, 6.45) is 0. The Balaban J connectivity index is 2.15. The van der Waals surface area contributed by atoms with Crippen LogP contribution in [0.25, 0.3) is 0 Å². The molecule has 0 bridgehead atoms. The number of benzene rings is 2. The van der Waals surface area contributed by atoms with Crippen molar-refractivity contribution in [3.05, 3.63) is 52.5 Å². The lowest BCUT2D eigenvalue weighted by Gasteiger charge is -2.12. The Bertz CT molecular complexity index is 543. The number of nitrogen functional groups attached to an aromatic ring is 1. The van der Waals surface area contributed by atoms with Crippen LogP contribution in [-0.2, 0) is 6.61 Å². The van der Waals surface area contributed by atoms with Crippen molar-refractivity contribution in [2.45, 2.75) is 6.61 Å². The van der Waals surface area contributed by atoms with E-state index in [4.69, 9.17) is 15.2 Å². The average molecular weight is 308 g/mol. The molecule has 2 N–H and O–H groups in total. The normalized spacial score (nSPS) is 10.1. The number of methoxy groups -OCH3 is 1. The Morgan fingerprint density at radius 3 is 2.61 bits per heavy atom. The number of hydrogen-bond donors (Lipinski definition) is 1. The van der Waals surface area contributed by atoms with Crippen molar-refractivity contribution in [2.24, 2.45) is 0 Å². The van der Waals surface area contributed by atoms with Crippen molar-refractivity contribution in [3.63, 3.8) is 0 Å². The van der Waals surface area contributed by atoms with Crippen LogP contribution in [0.5, 0.6) is 11.5 Å². The average Bonchev–Trinajstić information content (AvgIpc) is 2.38. The van der Waals surface area contributed by atoms with Gasteiger partial charge in [-0.25, -0.2) is 0 Å². The molecule has 0 amide bonds. The van der Waals surface area contributed by atoms with Crippen molar-refractivity contribution in [2.75, 3.05) is 12.8 Å². The van der Waals surface area contributed by atoms with Gasteiger partial charge in [0, 0.05) is 10.0 Å². The first kappa shape index (κ1) is 12.8. The largest absolute Gasteiger partial charge is 0.496 e. The van der Waals surface area contributed by atoms with E-state index in [9.17, 15) is 0 Å². The fourth-order valence-corrected chi connectivity index (χ4v) is 2.04. The lowest BCUT2D eigenvalue weighted by atomic mass is 10.2. The van der Waals surface area contributed by atoms with Crippen molar-refractivity contribution < 1.29 is 9.47 Å². The van der Waals surface area contributed by atoms with E-state index in [-0.39, 0.29) is 0 Å². The van der Waals surface area contributed by atoms with Gasteiger partial charge in [-0.2, -0.15) is 0 Å². The first-order valence-corrected chi connectivity index (χ1v) is 6.29. The molecule has 94 valence electrons. The zero-order chi connectivity index (χ0) is 13.0. The van der Waals surface area contributed by atoms with Crippen LogP contribution in [0.3, 0.4) is 0 Å². The van der Waals surface area contributed by atoms with Crippen molar-refractivity contribution in [3.8, 4) is 11.5 Å². The highest BCUT2D eigenvalue weighted by Crippen LogP contribution is 2.26. The molecule has 0 aliphatic rings. The molecule has 0 saturated carbocycles. The fraction of sp³-hybridized carbons (Fsp3) is 0.143. The highest BCUT2D eigenvalue weighted by molar-refractivity contribution is 9.10. The van der Waals surface area contributed by atoms with Crippen LogP contribution >= 0.6 is 15.9 Å². The third-order valence-electron chi connectivity index (χ3n) is 2.54. The van der Waals surface area contributed by atoms with E-state index < -0.39 is 0 Å². The monoisotopic (exact) mass is 307 g/mol. The Morgan fingerprint density at radius 1 is 1.11 bits per heavy atom. The van der Waals surface area contributed by atoms with E-state index in [1.54, 1.807) is 7.11 Å². The van der Waals surface area contributed by atoms with Crippen LogP contribution in [0.2, 0.25) is 0 Å². The third-order valence-corrected chi connectivity index (χ3v) is 3.04. The van der Waals surface area contributed by atoms with Gasteiger partial charge in [-0.05, 0) is 30.3 Å². The summed E-state index contributed by atoms with van der Waals surface area (Å²) in [4.78, 5) is 0. The molecule has 0 aliphatic heterocycles. The standard InChI is InChI=1S/C14H14BrNO2/c1-17-13-7-6-11(15)8-10(13)9-18-14-5-3-2-4-12(14)16/h2-8H,9,16H2,1H3. The minimum absolute atomic E-state index is 0.414. The number of hydrogen-bond acceptors (Lipinski definition) is 3. The summed E-state index contributed by atoms with van der Waals surface area (Å²) in [5.74, 6) is 1.48. The van der Waals surface area contributed by atoms with E-state index in [2.05, 4.69) is 15.9 Å². The van der Waals surface area contributed by atoms with Crippen LogP contribution in [0.15, 0.2) is 46.9 Å². The zero-order valence-corrected chi connectivity index (χ0v) is 11.6. The molecular formula is C14H14BrNO2. The summed E-state index contributed by atoms with van der Waals surface area (Å²) in [5.41, 5.74) is 7.42. The molecule has 2 aromatic rings. The van der Waals surface area contributed by atoms with Gasteiger partial charge in [-0.15, -0.1) is 0 Å². The smallest absolute Gasteiger partial charge is 0.142 e. The lowest BCUT2D eigenvalue weighted by Crippen LogP contribution is -2.00. The molecule has 0 atom stereocenters. The molecule has 0 radical (unpaired) electrons. The van der Waals surface area contributed by atoms with Crippen molar-refractivity contribution >= 4 is 21.6 Å². The van der Waals surface area contributed by atoms with E-state index in [0.29, 0.717) is 18.0 Å². The second-order valence-electron chi connectivity index (χ2n) is 3.78.